The zero-order valence-corrected chi connectivity index (χ0v) is 6.94. The van der Waals surface area contributed by atoms with Gasteiger partial charge >= 0.3 is 0 Å². The van der Waals surface area contributed by atoms with Crippen LogP contribution in [0.25, 0.3) is 5.69 Å². The summed E-state index contributed by atoms with van der Waals surface area (Å²) in [5.74, 6) is 0. The summed E-state index contributed by atoms with van der Waals surface area (Å²) in [5, 5.41) is 4.20. The van der Waals surface area contributed by atoms with Gasteiger partial charge in [-0.25, -0.2) is 4.68 Å². The fraction of sp³-hybridized carbons (Fsp3) is 0. The van der Waals surface area contributed by atoms with Crippen molar-refractivity contribution in [2.45, 2.75) is 0 Å². The molecule has 3 heteroatoms. The van der Waals surface area contributed by atoms with Gasteiger partial charge in [-0.3, -0.25) is 0 Å². The van der Waals surface area contributed by atoms with Gasteiger partial charge in [-0.05, 0) is 23.8 Å². The Morgan fingerprint density at radius 2 is 1.83 bits per heavy atom. The van der Waals surface area contributed by atoms with Gasteiger partial charge in [0.25, 0.3) is 0 Å². The highest BCUT2D eigenvalue weighted by Crippen LogP contribution is 2.01. The molecule has 0 aliphatic heterocycles. The number of rotatable bonds is 1. The normalized spacial score (nSPS) is 10.0. The summed E-state index contributed by atoms with van der Waals surface area (Å²) in [6.07, 6.45) is 1.81. The van der Waals surface area contributed by atoms with Crippen molar-refractivity contribution in [2.24, 2.45) is 0 Å². The molecule has 0 unspecified atom stereocenters. The van der Waals surface area contributed by atoms with E-state index >= 15 is 0 Å². The highest BCUT2D eigenvalue weighted by atomic mass is 15.3. The summed E-state index contributed by atoms with van der Waals surface area (Å²) in [7, 11) is 2.04. The zero-order chi connectivity index (χ0) is 8.39. The van der Waals surface area contributed by atoms with Gasteiger partial charge in [0.05, 0.1) is 5.69 Å². The SMILES string of the molecule is Bc1ccnn1-c1ccccc1. The summed E-state index contributed by atoms with van der Waals surface area (Å²) in [6.45, 7) is 0. The summed E-state index contributed by atoms with van der Waals surface area (Å²) in [5.41, 5.74) is 2.26. The molecule has 0 fully saturated rings. The predicted octanol–water partition coefficient (Wildman–Crippen LogP) is 0.131. The van der Waals surface area contributed by atoms with Crippen LogP contribution in [0.3, 0.4) is 0 Å². The highest BCUT2D eigenvalue weighted by molar-refractivity contribution is 6.31. The van der Waals surface area contributed by atoms with Crippen LogP contribution in [0.1, 0.15) is 0 Å². The van der Waals surface area contributed by atoms with E-state index in [4.69, 9.17) is 0 Å². The summed E-state index contributed by atoms with van der Waals surface area (Å²) in [6, 6.07) is 12.1. The fourth-order valence-corrected chi connectivity index (χ4v) is 1.21. The first-order valence-electron chi connectivity index (χ1n) is 3.94. The van der Waals surface area contributed by atoms with E-state index in [1.165, 1.54) is 0 Å². The maximum Gasteiger partial charge on any atom is 0.164 e. The molecule has 0 saturated carbocycles. The van der Waals surface area contributed by atoms with Crippen LogP contribution in [0, 0.1) is 0 Å². The third kappa shape index (κ3) is 1.14. The van der Waals surface area contributed by atoms with Crippen molar-refractivity contribution >= 4 is 13.4 Å². The van der Waals surface area contributed by atoms with Crippen molar-refractivity contribution in [1.82, 2.24) is 9.78 Å². The third-order valence-corrected chi connectivity index (χ3v) is 1.83. The standard InChI is InChI=1S/C9H9BN2/c10-9-6-7-11-12(9)8-4-2-1-3-5-8/h1-7H,10H2. The van der Waals surface area contributed by atoms with Gasteiger partial charge in [-0.2, -0.15) is 5.10 Å². The summed E-state index contributed by atoms with van der Waals surface area (Å²) in [4.78, 5) is 0. The Morgan fingerprint density at radius 1 is 1.08 bits per heavy atom. The van der Waals surface area contributed by atoms with E-state index in [-0.39, 0.29) is 0 Å². The molecular formula is C9H9BN2. The Balaban J connectivity index is 2.51. The molecule has 1 aromatic carbocycles. The Bertz CT molecular complexity index is 367. The number of aromatic nitrogens is 2. The lowest BCUT2D eigenvalue weighted by molar-refractivity contribution is 0.904. The Hall–Kier alpha value is -1.51. The second-order valence-electron chi connectivity index (χ2n) is 2.72. The topological polar surface area (TPSA) is 17.8 Å². The largest absolute Gasteiger partial charge is 0.248 e. The van der Waals surface area contributed by atoms with E-state index in [9.17, 15) is 0 Å². The molecular weight excluding hydrogens is 147 g/mol. The first-order chi connectivity index (χ1) is 5.88. The Labute approximate surface area is 72.2 Å². The van der Waals surface area contributed by atoms with Crippen molar-refractivity contribution in [3.8, 4) is 5.69 Å². The first kappa shape index (κ1) is 7.16. The van der Waals surface area contributed by atoms with Crippen LogP contribution >= 0.6 is 0 Å². The molecule has 0 atom stereocenters. The number of para-hydroxylation sites is 1. The maximum atomic E-state index is 4.20. The lowest BCUT2D eigenvalue weighted by Gasteiger charge is -2.02. The van der Waals surface area contributed by atoms with Gasteiger partial charge in [0, 0.05) is 6.20 Å². The smallest absolute Gasteiger partial charge is 0.164 e. The minimum absolute atomic E-state index is 1.11. The molecule has 58 valence electrons. The lowest BCUT2D eigenvalue weighted by atomic mass is 10.1. The minimum Gasteiger partial charge on any atom is -0.248 e. The van der Waals surface area contributed by atoms with Crippen LogP contribution in [0.2, 0.25) is 0 Å². The average molecular weight is 156 g/mol. The van der Waals surface area contributed by atoms with Crippen molar-refractivity contribution in [2.75, 3.05) is 0 Å². The third-order valence-electron chi connectivity index (χ3n) is 1.83. The number of hydrogen-bond acceptors (Lipinski definition) is 1. The molecule has 2 rings (SSSR count). The Kier molecular flexibility index (Phi) is 1.70. The summed E-state index contributed by atoms with van der Waals surface area (Å²) >= 11 is 0. The van der Waals surface area contributed by atoms with E-state index in [1.54, 1.807) is 0 Å². The zero-order valence-electron chi connectivity index (χ0n) is 6.94. The number of hydrogen-bond donors (Lipinski definition) is 0. The van der Waals surface area contributed by atoms with E-state index in [0.29, 0.717) is 0 Å². The molecule has 1 heterocycles. The molecule has 2 nitrogen and oxygen atoms in total. The second-order valence-corrected chi connectivity index (χ2v) is 2.72. The second kappa shape index (κ2) is 2.85. The molecule has 0 bridgehead atoms. The van der Waals surface area contributed by atoms with Gasteiger partial charge in [-0.1, -0.05) is 18.2 Å². The van der Waals surface area contributed by atoms with Gasteiger partial charge in [0.2, 0.25) is 0 Å². The molecule has 0 saturated heterocycles. The van der Waals surface area contributed by atoms with Crippen LogP contribution in [-0.4, -0.2) is 17.6 Å². The van der Waals surface area contributed by atoms with Gasteiger partial charge < -0.3 is 0 Å². The number of nitrogens with zero attached hydrogens (tertiary/aromatic N) is 2. The van der Waals surface area contributed by atoms with Crippen LogP contribution in [0.5, 0.6) is 0 Å². The lowest BCUT2D eigenvalue weighted by Crippen LogP contribution is -2.15. The first-order valence-corrected chi connectivity index (χ1v) is 3.94. The van der Waals surface area contributed by atoms with Gasteiger partial charge in [0.1, 0.15) is 0 Å². The van der Waals surface area contributed by atoms with Crippen LogP contribution in [0.15, 0.2) is 42.6 Å². The molecule has 0 N–H and O–H groups in total. The van der Waals surface area contributed by atoms with E-state index in [0.717, 1.165) is 11.3 Å². The molecule has 2 aromatic rings. The quantitative estimate of drug-likeness (QED) is 0.536. The number of benzene rings is 1. The summed E-state index contributed by atoms with van der Waals surface area (Å²) < 4.78 is 1.92. The Morgan fingerprint density at radius 3 is 2.42 bits per heavy atom. The van der Waals surface area contributed by atoms with E-state index in [1.807, 2.05) is 55.1 Å². The molecule has 0 aliphatic carbocycles. The van der Waals surface area contributed by atoms with Crippen LogP contribution in [0.4, 0.5) is 0 Å². The monoisotopic (exact) mass is 156 g/mol. The fourth-order valence-electron chi connectivity index (χ4n) is 1.21. The van der Waals surface area contributed by atoms with E-state index < -0.39 is 0 Å². The predicted molar refractivity (Wildman–Crippen MR) is 51.7 cm³/mol. The average Bonchev–Trinajstić information content (AvgIpc) is 2.53. The van der Waals surface area contributed by atoms with Crippen molar-refractivity contribution in [3.63, 3.8) is 0 Å². The van der Waals surface area contributed by atoms with Crippen molar-refractivity contribution in [1.29, 1.82) is 0 Å². The molecule has 12 heavy (non-hydrogen) atoms. The van der Waals surface area contributed by atoms with Gasteiger partial charge in [0.15, 0.2) is 7.85 Å². The van der Waals surface area contributed by atoms with Crippen LogP contribution < -0.4 is 5.59 Å². The molecule has 0 aliphatic rings. The maximum absolute atomic E-state index is 4.20. The van der Waals surface area contributed by atoms with Gasteiger partial charge in [-0.15, -0.1) is 0 Å². The van der Waals surface area contributed by atoms with Crippen molar-refractivity contribution in [3.05, 3.63) is 42.6 Å². The molecule has 0 spiro atoms. The van der Waals surface area contributed by atoms with E-state index in [2.05, 4.69) is 5.10 Å². The van der Waals surface area contributed by atoms with Crippen molar-refractivity contribution < 1.29 is 0 Å². The molecule has 1 aromatic heterocycles. The highest BCUT2D eigenvalue weighted by Gasteiger charge is 1.97. The molecule has 0 amide bonds. The minimum atomic E-state index is 1.11. The van der Waals surface area contributed by atoms with Crippen LogP contribution in [-0.2, 0) is 0 Å². The molecule has 0 radical (unpaired) electrons.